The zero-order chi connectivity index (χ0) is 12.3. The number of hydrogen-bond donors (Lipinski definition) is 2. The first-order valence-electron chi connectivity index (χ1n) is 4.87. The highest BCUT2D eigenvalue weighted by atomic mass is 79.9. The van der Waals surface area contributed by atoms with Gasteiger partial charge in [0.05, 0.1) is 13.2 Å². The number of halogens is 1. The van der Waals surface area contributed by atoms with Crippen LogP contribution in [-0.2, 0) is 0 Å². The standard InChI is InChI=1S/C9H10BrN5O2/c10-6-1-2-8(11-3-6)9-12-13-14-15(9)7(4-16)5-17/h1-3,7,16-17H,4-5H2. The molecule has 2 N–H and O–H groups in total. The second-order valence-electron chi connectivity index (χ2n) is 3.33. The molecule has 0 spiro atoms. The molecule has 0 saturated heterocycles. The van der Waals surface area contributed by atoms with Gasteiger partial charge in [0, 0.05) is 10.7 Å². The second kappa shape index (κ2) is 5.30. The van der Waals surface area contributed by atoms with Crippen molar-refractivity contribution < 1.29 is 10.2 Å². The number of rotatable bonds is 4. The van der Waals surface area contributed by atoms with Gasteiger partial charge in [0.2, 0.25) is 5.82 Å². The molecule has 17 heavy (non-hydrogen) atoms. The van der Waals surface area contributed by atoms with Crippen LogP contribution < -0.4 is 0 Å². The summed E-state index contributed by atoms with van der Waals surface area (Å²) in [6.45, 7) is -0.490. The summed E-state index contributed by atoms with van der Waals surface area (Å²) in [6, 6.07) is 3.00. The maximum atomic E-state index is 9.11. The van der Waals surface area contributed by atoms with Crippen LogP contribution in [0.3, 0.4) is 0 Å². The molecular formula is C9H10BrN5O2. The van der Waals surface area contributed by atoms with Crippen molar-refractivity contribution in [3.05, 3.63) is 22.8 Å². The molecule has 0 aliphatic heterocycles. The molecule has 0 aliphatic rings. The van der Waals surface area contributed by atoms with Gasteiger partial charge in [0.1, 0.15) is 11.7 Å². The van der Waals surface area contributed by atoms with Crippen molar-refractivity contribution in [2.45, 2.75) is 6.04 Å². The van der Waals surface area contributed by atoms with E-state index in [2.05, 4.69) is 36.4 Å². The minimum atomic E-state index is -0.564. The first kappa shape index (κ1) is 12.1. The van der Waals surface area contributed by atoms with E-state index >= 15 is 0 Å². The summed E-state index contributed by atoms with van der Waals surface area (Å²) < 4.78 is 2.21. The monoisotopic (exact) mass is 299 g/mol. The molecule has 0 amide bonds. The Hall–Kier alpha value is -1.38. The Morgan fingerprint density at radius 3 is 2.65 bits per heavy atom. The molecular weight excluding hydrogens is 290 g/mol. The van der Waals surface area contributed by atoms with Crippen molar-refractivity contribution in [3.63, 3.8) is 0 Å². The van der Waals surface area contributed by atoms with E-state index in [1.54, 1.807) is 12.3 Å². The molecule has 2 aromatic rings. The average molecular weight is 300 g/mol. The Morgan fingerprint density at radius 2 is 2.06 bits per heavy atom. The van der Waals surface area contributed by atoms with Crippen LogP contribution in [0.4, 0.5) is 0 Å². The number of tetrazole rings is 1. The van der Waals surface area contributed by atoms with E-state index in [0.29, 0.717) is 11.5 Å². The van der Waals surface area contributed by atoms with E-state index in [9.17, 15) is 0 Å². The van der Waals surface area contributed by atoms with Gasteiger partial charge in [-0.2, -0.15) is 0 Å². The molecule has 0 aromatic carbocycles. The fraction of sp³-hybridized carbons (Fsp3) is 0.333. The molecule has 0 fully saturated rings. The minimum absolute atomic E-state index is 0.245. The Bertz CT molecular complexity index is 482. The largest absolute Gasteiger partial charge is 0.394 e. The van der Waals surface area contributed by atoms with Crippen LogP contribution in [-0.4, -0.2) is 48.6 Å². The first-order chi connectivity index (χ1) is 8.26. The smallest absolute Gasteiger partial charge is 0.201 e. The van der Waals surface area contributed by atoms with E-state index in [4.69, 9.17) is 10.2 Å². The maximum Gasteiger partial charge on any atom is 0.201 e. The molecule has 0 radical (unpaired) electrons. The van der Waals surface area contributed by atoms with Gasteiger partial charge in [0.15, 0.2) is 0 Å². The number of pyridine rings is 1. The fourth-order valence-electron chi connectivity index (χ4n) is 1.33. The van der Waals surface area contributed by atoms with E-state index in [1.807, 2.05) is 6.07 Å². The van der Waals surface area contributed by atoms with Crippen LogP contribution in [0.15, 0.2) is 22.8 Å². The lowest BCUT2D eigenvalue weighted by molar-refractivity contribution is 0.146. The van der Waals surface area contributed by atoms with Crippen molar-refractivity contribution >= 4 is 15.9 Å². The highest BCUT2D eigenvalue weighted by molar-refractivity contribution is 9.10. The molecule has 0 saturated carbocycles. The van der Waals surface area contributed by atoms with Crippen LogP contribution in [0.2, 0.25) is 0 Å². The van der Waals surface area contributed by atoms with Crippen LogP contribution in [0, 0.1) is 0 Å². The van der Waals surface area contributed by atoms with Gasteiger partial charge < -0.3 is 10.2 Å². The molecule has 90 valence electrons. The zero-order valence-corrected chi connectivity index (χ0v) is 10.3. The lowest BCUT2D eigenvalue weighted by Crippen LogP contribution is -2.19. The third-order valence-corrected chi connectivity index (χ3v) is 2.69. The van der Waals surface area contributed by atoms with Gasteiger partial charge >= 0.3 is 0 Å². The first-order valence-corrected chi connectivity index (χ1v) is 5.67. The van der Waals surface area contributed by atoms with E-state index in [0.717, 1.165) is 4.47 Å². The molecule has 7 nitrogen and oxygen atoms in total. The van der Waals surface area contributed by atoms with Crippen LogP contribution in [0.1, 0.15) is 6.04 Å². The predicted molar refractivity (Wildman–Crippen MR) is 62.0 cm³/mol. The van der Waals surface area contributed by atoms with Crippen molar-refractivity contribution in [2.24, 2.45) is 0 Å². The quantitative estimate of drug-likeness (QED) is 0.826. The number of aromatic nitrogens is 5. The van der Waals surface area contributed by atoms with Crippen LogP contribution in [0.5, 0.6) is 0 Å². The topological polar surface area (TPSA) is 97.0 Å². The van der Waals surface area contributed by atoms with Crippen molar-refractivity contribution in [3.8, 4) is 11.5 Å². The van der Waals surface area contributed by atoms with Crippen LogP contribution in [0.25, 0.3) is 11.5 Å². The Morgan fingerprint density at radius 1 is 1.29 bits per heavy atom. The summed E-state index contributed by atoms with van der Waals surface area (Å²) in [5, 5.41) is 29.3. The second-order valence-corrected chi connectivity index (χ2v) is 4.24. The number of aliphatic hydroxyl groups is 2. The highest BCUT2D eigenvalue weighted by Gasteiger charge is 2.17. The summed E-state index contributed by atoms with van der Waals surface area (Å²) >= 11 is 3.28. The van der Waals surface area contributed by atoms with Gasteiger partial charge in [-0.15, -0.1) is 5.10 Å². The van der Waals surface area contributed by atoms with Crippen molar-refractivity contribution in [1.82, 2.24) is 25.2 Å². The predicted octanol–water partition coefficient (Wildman–Crippen LogP) is 0.0233. The molecule has 0 atom stereocenters. The number of aliphatic hydroxyl groups excluding tert-OH is 2. The van der Waals surface area contributed by atoms with Crippen molar-refractivity contribution in [1.29, 1.82) is 0 Å². The number of hydrogen-bond acceptors (Lipinski definition) is 6. The Labute approximate surface area is 105 Å². The van der Waals surface area contributed by atoms with Crippen LogP contribution >= 0.6 is 15.9 Å². The van der Waals surface area contributed by atoms with E-state index in [1.165, 1.54) is 4.68 Å². The molecule has 0 unspecified atom stereocenters. The van der Waals surface area contributed by atoms with Gasteiger partial charge in [-0.3, -0.25) is 4.98 Å². The summed E-state index contributed by atoms with van der Waals surface area (Å²) in [5.41, 5.74) is 0.574. The lowest BCUT2D eigenvalue weighted by Gasteiger charge is -2.12. The summed E-state index contributed by atoms with van der Waals surface area (Å²) in [4.78, 5) is 4.16. The third kappa shape index (κ3) is 2.48. The Balaban J connectivity index is 2.39. The van der Waals surface area contributed by atoms with Gasteiger partial charge in [-0.1, -0.05) is 0 Å². The van der Waals surface area contributed by atoms with Gasteiger partial charge in [-0.25, -0.2) is 4.68 Å². The van der Waals surface area contributed by atoms with Gasteiger partial charge in [0.25, 0.3) is 0 Å². The lowest BCUT2D eigenvalue weighted by atomic mass is 10.3. The molecule has 2 heterocycles. The maximum absolute atomic E-state index is 9.11. The van der Waals surface area contributed by atoms with E-state index < -0.39 is 6.04 Å². The van der Waals surface area contributed by atoms with Gasteiger partial charge in [-0.05, 0) is 38.5 Å². The normalized spacial score (nSPS) is 11.1. The third-order valence-electron chi connectivity index (χ3n) is 2.22. The number of nitrogens with zero attached hydrogens (tertiary/aromatic N) is 5. The molecule has 2 aromatic heterocycles. The minimum Gasteiger partial charge on any atom is -0.394 e. The molecule has 0 aliphatic carbocycles. The summed E-state index contributed by atoms with van der Waals surface area (Å²) in [5.74, 6) is 0.408. The summed E-state index contributed by atoms with van der Waals surface area (Å²) in [6.07, 6.45) is 1.63. The molecule has 0 bridgehead atoms. The Kier molecular flexibility index (Phi) is 3.77. The SMILES string of the molecule is OCC(CO)n1nnnc1-c1ccc(Br)cn1. The summed E-state index contributed by atoms with van der Waals surface area (Å²) in [7, 11) is 0. The molecule has 2 rings (SSSR count). The van der Waals surface area contributed by atoms with Crippen molar-refractivity contribution in [2.75, 3.05) is 13.2 Å². The molecule has 8 heteroatoms. The highest BCUT2D eigenvalue weighted by Crippen LogP contribution is 2.18. The zero-order valence-electron chi connectivity index (χ0n) is 8.73. The van der Waals surface area contributed by atoms with E-state index in [-0.39, 0.29) is 13.2 Å². The fourth-order valence-corrected chi connectivity index (χ4v) is 1.56. The average Bonchev–Trinajstić information content (AvgIpc) is 2.81.